The maximum atomic E-state index is 10.2. The van der Waals surface area contributed by atoms with Crippen molar-refractivity contribution >= 4 is 29.9 Å². The first-order valence-electron chi connectivity index (χ1n) is 9.09. The molecule has 0 atom stereocenters. The van der Waals surface area contributed by atoms with E-state index < -0.39 is 0 Å². The van der Waals surface area contributed by atoms with Crippen LogP contribution in [0.25, 0.3) is 0 Å². The van der Waals surface area contributed by atoms with E-state index in [1.165, 1.54) is 12.7 Å². The number of aryl methyl sites for hydroxylation is 1. The van der Waals surface area contributed by atoms with E-state index in [1.54, 1.807) is 13.2 Å². The van der Waals surface area contributed by atoms with Gasteiger partial charge in [-0.3, -0.25) is 0 Å². The van der Waals surface area contributed by atoms with Crippen LogP contribution in [0.1, 0.15) is 23.6 Å². The zero-order valence-electron chi connectivity index (χ0n) is 16.9. The van der Waals surface area contributed by atoms with Gasteiger partial charge >= 0.3 is 0 Å². The smallest absolute Gasteiger partial charge is 0.191 e. The van der Waals surface area contributed by atoms with Crippen molar-refractivity contribution in [1.82, 2.24) is 10.6 Å². The lowest BCUT2D eigenvalue weighted by Gasteiger charge is -2.14. The summed E-state index contributed by atoms with van der Waals surface area (Å²) in [6.07, 6.45) is 0.819. The highest BCUT2D eigenvalue weighted by Crippen LogP contribution is 2.29. The summed E-state index contributed by atoms with van der Waals surface area (Å²) in [5.74, 6) is 2.17. The average Bonchev–Trinajstić information content (AvgIpc) is 2.67. The second-order valence-corrected chi connectivity index (χ2v) is 6.16. The number of nitrogens with zero attached hydrogens (tertiary/aromatic N) is 1. The van der Waals surface area contributed by atoms with Crippen LogP contribution in [0, 0.1) is 6.92 Å². The van der Waals surface area contributed by atoms with Crippen molar-refractivity contribution in [3.8, 4) is 17.2 Å². The number of hydrogen-bond donors (Lipinski definition) is 3. The fourth-order valence-corrected chi connectivity index (χ4v) is 2.78. The van der Waals surface area contributed by atoms with Gasteiger partial charge in [-0.25, -0.2) is 4.99 Å². The Kier molecular flexibility index (Phi) is 10.5. The van der Waals surface area contributed by atoms with Crippen LogP contribution < -0.4 is 20.1 Å². The van der Waals surface area contributed by atoms with Gasteiger partial charge in [-0.15, -0.1) is 24.0 Å². The number of benzene rings is 2. The molecule has 2 rings (SSSR count). The third-order valence-electron chi connectivity index (χ3n) is 4.18. The fraction of sp³-hybridized carbons (Fsp3) is 0.381. The molecule has 0 saturated heterocycles. The summed E-state index contributed by atoms with van der Waals surface area (Å²) in [6.45, 7) is 5.91. The quantitative estimate of drug-likeness (QED) is 0.294. The molecule has 2 aromatic carbocycles. The summed E-state index contributed by atoms with van der Waals surface area (Å²) in [5, 5.41) is 16.7. The van der Waals surface area contributed by atoms with E-state index in [1.807, 2.05) is 31.2 Å². The zero-order chi connectivity index (χ0) is 19.6. The number of nitrogens with one attached hydrogen (secondary N) is 2. The van der Waals surface area contributed by atoms with Crippen molar-refractivity contribution in [2.45, 2.75) is 26.8 Å². The maximum Gasteiger partial charge on any atom is 0.191 e. The highest BCUT2D eigenvalue weighted by molar-refractivity contribution is 14.0. The number of methoxy groups -OCH3 is 2. The molecular weight excluding hydrogens is 469 g/mol. The largest absolute Gasteiger partial charge is 0.504 e. The topological polar surface area (TPSA) is 75.1 Å². The van der Waals surface area contributed by atoms with Crippen molar-refractivity contribution in [3.63, 3.8) is 0 Å². The van der Waals surface area contributed by atoms with Gasteiger partial charge < -0.3 is 25.2 Å². The van der Waals surface area contributed by atoms with Gasteiger partial charge in [0.2, 0.25) is 0 Å². The summed E-state index contributed by atoms with van der Waals surface area (Å²) in [5.41, 5.74) is 3.08. The molecule has 3 N–H and O–H groups in total. The molecule has 2 aromatic rings. The van der Waals surface area contributed by atoms with Crippen LogP contribution in [0.2, 0.25) is 0 Å². The second kappa shape index (κ2) is 12.3. The molecular formula is C21H30IN3O3. The van der Waals surface area contributed by atoms with E-state index >= 15 is 0 Å². The van der Waals surface area contributed by atoms with Crippen LogP contribution in [0.4, 0.5) is 0 Å². The van der Waals surface area contributed by atoms with Gasteiger partial charge in [0.1, 0.15) is 5.75 Å². The number of aromatic hydroxyl groups is 1. The molecule has 0 fully saturated rings. The third kappa shape index (κ3) is 6.78. The maximum absolute atomic E-state index is 10.2. The fourth-order valence-electron chi connectivity index (χ4n) is 2.78. The van der Waals surface area contributed by atoms with Crippen LogP contribution in [0.3, 0.4) is 0 Å². The highest BCUT2D eigenvalue weighted by atomic mass is 127. The van der Waals surface area contributed by atoms with Crippen LogP contribution in [-0.4, -0.2) is 38.4 Å². The Morgan fingerprint density at radius 1 is 1.04 bits per heavy atom. The number of guanidine groups is 1. The van der Waals surface area contributed by atoms with Crippen molar-refractivity contribution in [2.24, 2.45) is 4.99 Å². The van der Waals surface area contributed by atoms with Crippen LogP contribution in [-0.2, 0) is 13.0 Å². The second-order valence-electron chi connectivity index (χ2n) is 6.16. The number of ether oxygens (including phenoxy) is 2. The molecule has 0 amide bonds. The Morgan fingerprint density at radius 3 is 2.46 bits per heavy atom. The molecule has 0 saturated carbocycles. The minimum absolute atomic E-state index is 0. The number of hydrogen-bond acceptors (Lipinski definition) is 4. The predicted octanol–water partition coefficient (Wildman–Crippen LogP) is 3.63. The summed E-state index contributed by atoms with van der Waals surface area (Å²) in [7, 11) is 3.22. The molecule has 0 unspecified atom stereocenters. The van der Waals surface area contributed by atoms with Gasteiger partial charge in [0.05, 0.1) is 20.8 Å². The first kappa shape index (κ1) is 23.9. The number of phenolic OH excluding ortho intramolecular Hbond substituents is 1. The van der Waals surface area contributed by atoms with Crippen LogP contribution >= 0.6 is 24.0 Å². The van der Waals surface area contributed by atoms with E-state index in [-0.39, 0.29) is 29.7 Å². The average molecular weight is 499 g/mol. The molecule has 0 aliphatic rings. The molecule has 7 heteroatoms. The third-order valence-corrected chi connectivity index (χ3v) is 4.18. The molecule has 0 aliphatic heterocycles. The summed E-state index contributed by atoms with van der Waals surface area (Å²) >= 11 is 0. The van der Waals surface area contributed by atoms with Crippen molar-refractivity contribution in [1.29, 1.82) is 0 Å². The molecule has 0 heterocycles. The van der Waals surface area contributed by atoms with Gasteiger partial charge in [-0.05, 0) is 38.0 Å². The first-order valence-corrected chi connectivity index (χ1v) is 9.09. The highest BCUT2D eigenvalue weighted by Gasteiger charge is 2.08. The minimum atomic E-state index is 0. The Morgan fingerprint density at radius 2 is 1.79 bits per heavy atom. The number of halogens is 1. The number of phenols is 1. The van der Waals surface area contributed by atoms with Gasteiger partial charge in [0, 0.05) is 18.7 Å². The monoisotopic (exact) mass is 499 g/mol. The lowest BCUT2D eigenvalue weighted by Crippen LogP contribution is -2.38. The number of rotatable bonds is 8. The minimum Gasteiger partial charge on any atom is -0.504 e. The molecule has 6 nitrogen and oxygen atoms in total. The zero-order valence-corrected chi connectivity index (χ0v) is 19.2. The van der Waals surface area contributed by atoms with E-state index in [0.717, 1.165) is 30.8 Å². The van der Waals surface area contributed by atoms with Gasteiger partial charge in [-0.2, -0.15) is 0 Å². The Hall–Kier alpha value is -2.16. The van der Waals surface area contributed by atoms with Gasteiger partial charge in [0.25, 0.3) is 0 Å². The predicted molar refractivity (Wildman–Crippen MR) is 124 cm³/mol. The van der Waals surface area contributed by atoms with E-state index in [2.05, 4.69) is 28.6 Å². The molecule has 154 valence electrons. The first-order chi connectivity index (χ1) is 13.1. The normalized spacial score (nSPS) is 10.8. The Balaban J connectivity index is 0.00000392. The molecule has 0 bridgehead atoms. The van der Waals surface area contributed by atoms with Crippen LogP contribution in [0.15, 0.2) is 41.4 Å². The molecule has 28 heavy (non-hydrogen) atoms. The van der Waals surface area contributed by atoms with Crippen molar-refractivity contribution in [2.75, 3.05) is 27.3 Å². The SMILES string of the molecule is CCNC(=NCc1cccc(OC)c1O)NCCc1cc(C)ccc1OC.I. The van der Waals surface area contributed by atoms with E-state index in [9.17, 15) is 5.11 Å². The molecule has 0 spiro atoms. The van der Waals surface area contributed by atoms with Gasteiger partial charge in [-0.1, -0.05) is 29.8 Å². The molecule has 0 aromatic heterocycles. The number of para-hydroxylation sites is 1. The Labute approximate surface area is 184 Å². The standard InChI is InChI=1S/C21H29N3O3.HI/c1-5-22-21(24-14-17-7-6-8-19(27-4)20(17)25)23-12-11-16-13-15(2)9-10-18(16)26-3;/h6-10,13,25H,5,11-12,14H2,1-4H3,(H2,22,23,24);1H. The Bertz CT molecular complexity index is 781. The summed E-state index contributed by atoms with van der Waals surface area (Å²) in [6, 6.07) is 11.6. The lowest BCUT2D eigenvalue weighted by molar-refractivity contribution is 0.370. The van der Waals surface area contributed by atoms with Crippen molar-refractivity contribution in [3.05, 3.63) is 53.1 Å². The summed E-state index contributed by atoms with van der Waals surface area (Å²) in [4.78, 5) is 4.56. The van der Waals surface area contributed by atoms with Gasteiger partial charge in [0.15, 0.2) is 17.5 Å². The summed E-state index contributed by atoms with van der Waals surface area (Å²) < 4.78 is 10.6. The molecule has 0 radical (unpaired) electrons. The van der Waals surface area contributed by atoms with E-state index in [4.69, 9.17) is 9.47 Å². The lowest BCUT2D eigenvalue weighted by atomic mass is 10.1. The number of aliphatic imine (C=N–C) groups is 1. The van der Waals surface area contributed by atoms with Crippen molar-refractivity contribution < 1.29 is 14.6 Å². The molecule has 0 aliphatic carbocycles. The van der Waals surface area contributed by atoms with Crippen LogP contribution in [0.5, 0.6) is 17.2 Å². The van der Waals surface area contributed by atoms with E-state index in [0.29, 0.717) is 23.8 Å².